The summed E-state index contributed by atoms with van der Waals surface area (Å²) in [6.07, 6.45) is 0. The Balaban J connectivity index is -0.000000722. The first-order valence-corrected chi connectivity index (χ1v) is 4.54. The normalized spacial score (nSPS) is 8.40. The summed E-state index contributed by atoms with van der Waals surface area (Å²) >= 11 is 0. The van der Waals surface area contributed by atoms with E-state index in [0.29, 0.717) is 16.5 Å². The molecule has 20 heavy (non-hydrogen) atoms. The molecule has 0 unspecified atom stereocenters. The van der Waals surface area contributed by atoms with Crippen LogP contribution in [0.3, 0.4) is 0 Å². The van der Waals surface area contributed by atoms with Gasteiger partial charge >= 0.3 is 5.97 Å². The minimum atomic E-state index is -1.10. The highest BCUT2D eigenvalue weighted by molar-refractivity contribution is 6.05. The summed E-state index contributed by atoms with van der Waals surface area (Å²) < 4.78 is 0. The fourth-order valence-corrected chi connectivity index (χ4v) is 1.61. The molecule has 2 rings (SSSR count). The maximum atomic E-state index is 10.8. The molecule has 114 valence electrons. The van der Waals surface area contributed by atoms with Gasteiger partial charge in [0.1, 0.15) is 5.75 Å². The fraction of sp³-hybridized carbons (Fsp3) is 0. The van der Waals surface area contributed by atoms with Crippen molar-refractivity contribution in [2.75, 3.05) is 11.5 Å². The van der Waals surface area contributed by atoms with E-state index in [0.717, 1.165) is 6.07 Å². The summed E-state index contributed by atoms with van der Waals surface area (Å²) in [4.78, 5) is 10.8. The van der Waals surface area contributed by atoms with Crippen molar-refractivity contribution in [1.29, 1.82) is 0 Å². The number of anilines is 2. The molecular formula is C11H14Cl4N2O3. The predicted molar refractivity (Wildman–Crippen MR) is 90.4 cm³/mol. The van der Waals surface area contributed by atoms with Crippen molar-refractivity contribution in [3.05, 3.63) is 29.8 Å². The van der Waals surface area contributed by atoms with Gasteiger partial charge in [0, 0.05) is 5.39 Å². The van der Waals surface area contributed by atoms with E-state index >= 15 is 0 Å². The number of fused-ring (bicyclic) bond motifs is 1. The number of rotatable bonds is 1. The molecule has 6 N–H and O–H groups in total. The van der Waals surface area contributed by atoms with Crippen LogP contribution in [0.5, 0.6) is 5.75 Å². The van der Waals surface area contributed by atoms with Crippen molar-refractivity contribution in [3.63, 3.8) is 0 Å². The van der Waals surface area contributed by atoms with Crippen LogP contribution < -0.4 is 11.5 Å². The number of aromatic hydroxyl groups is 1. The molecule has 0 atom stereocenters. The number of aromatic carboxylic acids is 1. The quantitative estimate of drug-likeness (QED) is 0.582. The van der Waals surface area contributed by atoms with E-state index in [4.69, 9.17) is 16.6 Å². The summed E-state index contributed by atoms with van der Waals surface area (Å²) in [5.74, 6) is -1.28. The number of nitrogens with two attached hydrogens (primary N) is 2. The number of hydrogen-bond acceptors (Lipinski definition) is 4. The molecule has 0 aliphatic rings. The summed E-state index contributed by atoms with van der Waals surface area (Å²) in [6.45, 7) is 0. The summed E-state index contributed by atoms with van der Waals surface area (Å²) in [6, 6.07) is 5.78. The van der Waals surface area contributed by atoms with Gasteiger partial charge in [0.2, 0.25) is 0 Å². The van der Waals surface area contributed by atoms with Gasteiger partial charge in [-0.1, -0.05) is 6.07 Å². The number of halogens is 4. The zero-order valence-electron chi connectivity index (χ0n) is 9.90. The summed E-state index contributed by atoms with van der Waals surface area (Å²) in [5, 5.41) is 19.5. The molecule has 9 heteroatoms. The second-order valence-electron chi connectivity index (χ2n) is 3.47. The predicted octanol–water partition coefficient (Wildman–Crippen LogP) is 3.10. The Kier molecular flexibility index (Phi) is 10.5. The monoisotopic (exact) mass is 362 g/mol. The van der Waals surface area contributed by atoms with E-state index < -0.39 is 5.97 Å². The number of carboxylic acid groups (broad SMARTS) is 1. The first kappa shape index (κ1) is 23.8. The van der Waals surface area contributed by atoms with Gasteiger partial charge in [-0.15, -0.1) is 49.6 Å². The molecular weight excluding hydrogens is 350 g/mol. The molecule has 0 aliphatic heterocycles. The largest absolute Gasteiger partial charge is 0.507 e. The Hall–Kier alpha value is -1.27. The van der Waals surface area contributed by atoms with Crippen LogP contribution in [0.15, 0.2) is 24.3 Å². The van der Waals surface area contributed by atoms with Gasteiger partial charge in [-0.3, -0.25) is 0 Å². The Morgan fingerprint density at radius 3 is 2.05 bits per heavy atom. The molecule has 0 spiro atoms. The average molecular weight is 364 g/mol. The third kappa shape index (κ3) is 4.11. The van der Waals surface area contributed by atoms with Gasteiger partial charge in [0.25, 0.3) is 0 Å². The number of carbonyl (C=O) groups is 1. The zero-order valence-corrected chi connectivity index (χ0v) is 13.2. The van der Waals surface area contributed by atoms with E-state index in [1.54, 1.807) is 12.1 Å². The van der Waals surface area contributed by atoms with E-state index in [-0.39, 0.29) is 66.6 Å². The summed E-state index contributed by atoms with van der Waals surface area (Å²) in [7, 11) is 0. The molecule has 2 aromatic carbocycles. The highest BCUT2D eigenvalue weighted by Crippen LogP contribution is 2.34. The Morgan fingerprint density at radius 1 is 1.00 bits per heavy atom. The minimum Gasteiger partial charge on any atom is -0.507 e. The first-order valence-electron chi connectivity index (χ1n) is 4.54. The number of nitrogen functional groups attached to an aromatic ring is 2. The number of carboxylic acids is 1. The zero-order chi connectivity index (χ0) is 11.9. The average Bonchev–Trinajstić information content (AvgIpc) is 2.22. The molecule has 0 saturated carbocycles. The lowest BCUT2D eigenvalue weighted by molar-refractivity contribution is 0.0696. The molecule has 0 fully saturated rings. The molecule has 0 aromatic heterocycles. The van der Waals surface area contributed by atoms with Crippen LogP contribution in [0.4, 0.5) is 11.4 Å². The van der Waals surface area contributed by atoms with Crippen molar-refractivity contribution in [2.45, 2.75) is 0 Å². The maximum Gasteiger partial charge on any atom is 0.335 e. The Morgan fingerprint density at radius 2 is 1.55 bits per heavy atom. The van der Waals surface area contributed by atoms with E-state index in [1.165, 1.54) is 6.07 Å². The van der Waals surface area contributed by atoms with Crippen LogP contribution >= 0.6 is 49.6 Å². The standard InChI is InChI=1S/C11H10N2O3.4ClH/c12-7-2-1-5-3-6(11(15)16)4-8(14)9(5)10(7)13;;;;/h1-4,14H,12-13H2,(H,15,16);4*1H. The van der Waals surface area contributed by atoms with E-state index in [9.17, 15) is 9.90 Å². The smallest absolute Gasteiger partial charge is 0.335 e. The Bertz CT molecular complexity index is 608. The third-order valence-electron chi connectivity index (χ3n) is 2.42. The second kappa shape index (κ2) is 8.81. The third-order valence-corrected chi connectivity index (χ3v) is 2.42. The van der Waals surface area contributed by atoms with Gasteiger partial charge in [0.15, 0.2) is 0 Å². The lowest BCUT2D eigenvalue weighted by atomic mass is 10.0. The van der Waals surface area contributed by atoms with Crippen LogP contribution in [0.25, 0.3) is 10.8 Å². The van der Waals surface area contributed by atoms with Crippen LogP contribution in [-0.4, -0.2) is 16.2 Å². The summed E-state index contributed by atoms with van der Waals surface area (Å²) in [5.41, 5.74) is 11.9. The van der Waals surface area contributed by atoms with E-state index in [1.807, 2.05) is 0 Å². The van der Waals surface area contributed by atoms with Crippen molar-refractivity contribution in [2.24, 2.45) is 0 Å². The fourth-order valence-electron chi connectivity index (χ4n) is 1.61. The molecule has 0 saturated heterocycles. The van der Waals surface area contributed by atoms with Gasteiger partial charge in [0.05, 0.1) is 16.9 Å². The van der Waals surface area contributed by atoms with Crippen molar-refractivity contribution >= 4 is 77.7 Å². The highest BCUT2D eigenvalue weighted by Gasteiger charge is 2.11. The van der Waals surface area contributed by atoms with E-state index in [2.05, 4.69) is 0 Å². The van der Waals surface area contributed by atoms with Crippen molar-refractivity contribution in [3.8, 4) is 5.75 Å². The van der Waals surface area contributed by atoms with Crippen LogP contribution in [-0.2, 0) is 0 Å². The second-order valence-corrected chi connectivity index (χ2v) is 3.47. The molecule has 0 heterocycles. The topological polar surface area (TPSA) is 110 Å². The van der Waals surface area contributed by atoms with Gasteiger partial charge in [-0.2, -0.15) is 0 Å². The molecule has 0 bridgehead atoms. The SMILES string of the molecule is Cl.Cl.Cl.Cl.Nc1ccc2cc(C(=O)O)cc(O)c2c1N. The van der Waals surface area contributed by atoms with Crippen LogP contribution in [0.2, 0.25) is 0 Å². The van der Waals surface area contributed by atoms with Gasteiger partial charge in [-0.05, 0) is 23.6 Å². The highest BCUT2D eigenvalue weighted by atomic mass is 35.5. The molecule has 0 radical (unpaired) electrons. The minimum absolute atomic E-state index is 0. The van der Waals surface area contributed by atoms with Crippen molar-refractivity contribution < 1.29 is 15.0 Å². The van der Waals surface area contributed by atoms with Crippen LogP contribution in [0.1, 0.15) is 10.4 Å². The molecule has 0 aliphatic carbocycles. The first-order chi connectivity index (χ1) is 7.50. The van der Waals surface area contributed by atoms with Gasteiger partial charge < -0.3 is 21.7 Å². The number of phenols is 1. The number of benzene rings is 2. The van der Waals surface area contributed by atoms with Gasteiger partial charge in [-0.25, -0.2) is 4.79 Å². The van der Waals surface area contributed by atoms with Crippen LogP contribution in [0, 0.1) is 0 Å². The number of hydrogen-bond donors (Lipinski definition) is 4. The van der Waals surface area contributed by atoms with Crippen molar-refractivity contribution in [1.82, 2.24) is 0 Å². The number of phenolic OH excluding ortho intramolecular Hbond substituents is 1. The molecule has 0 amide bonds. The Labute approximate surface area is 140 Å². The maximum absolute atomic E-state index is 10.8. The molecule has 2 aromatic rings. The lowest BCUT2D eigenvalue weighted by Crippen LogP contribution is -1.99. The molecule has 5 nitrogen and oxygen atoms in total. The lowest BCUT2D eigenvalue weighted by Gasteiger charge is -2.08.